The molecule has 19 heavy (non-hydrogen) atoms. The SMILES string of the molecule is C1CCNC1.CC(C)(C)N1CCCC1=O.CC(C)C. The molecule has 2 rings (SSSR count). The van der Waals surface area contributed by atoms with Gasteiger partial charge in [-0.2, -0.15) is 0 Å². The first kappa shape index (κ1) is 18.4. The van der Waals surface area contributed by atoms with E-state index in [1.807, 2.05) is 4.90 Å². The number of carbonyl (C=O) groups is 1. The van der Waals surface area contributed by atoms with Crippen LogP contribution in [0.1, 0.15) is 67.2 Å². The van der Waals surface area contributed by atoms with Gasteiger partial charge in [0.15, 0.2) is 0 Å². The highest BCUT2D eigenvalue weighted by molar-refractivity contribution is 5.78. The summed E-state index contributed by atoms with van der Waals surface area (Å²) in [5.74, 6) is 1.15. The van der Waals surface area contributed by atoms with Gasteiger partial charge in [0.2, 0.25) is 5.91 Å². The molecule has 2 saturated heterocycles. The minimum absolute atomic E-state index is 0.0353. The molecule has 2 aliphatic heterocycles. The predicted octanol–water partition coefficient (Wildman–Crippen LogP) is 3.44. The van der Waals surface area contributed by atoms with E-state index in [-0.39, 0.29) is 5.54 Å². The molecule has 0 atom stereocenters. The average molecular weight is 270 g/mol. The summed E-state index contributed by atoms with van der Waals surface area (Å²) in [5.41, 5.74) is 0.0353. The molecule has 0 unspecified atom stereocenters. The zero-order valence-corrected chi connectivity index (χ0v) is 13.9. The number of amides is 1. The summed E-state index contributed by atoms with van der Waals surface area (Å²) >= 11 is 0. The van der Waals surface area contributed by atoms with Gasteiger partial charge >= 0.3 is 0 Å². The first-order valence-electron chi connectivity index (χ1n) is 7.76. The Kier molecular flexibility index (Phi) is 9.07. The van der Waals surface area contributed by atoms with E-state index in [9.17, 15) is 4.79 Å². The van der Waals surface area contributed by atoms with Gasteiger partial charge in [0, 0.05) is 18.5 Å². The highest BCUT2D eigenvalue weighted by Crippen LogP contribution is 2.20. The molecule has 0 saturated carbocycles. The molecule has 2 fully saturated rings. The summed E-state index contributed by atoms with van der Waals surface area (Å²) in [5, 5.41) is 3.22. The Morgan fingerprint density at radius 2 is 1.53 bits per heavy atom. The highest BCUT2D eigenvalue weighted by atomic mass is 16.2. The zero-order valence-electron chi connectivity index (χ0n) is 13.9. The van der Waals surface area contributed by atoms with Crippen molar-refractivity contribution in [3.8, 4) is 0 Å². The summed E-state index contributed by atoms with van der Waals surface area (Å²) in [6, 6.07) is 0. The molecule has 0 aromatic rings. The third kappa shape index (κ3) is 9.94. The first-order chi connectivity index (χ1) is 8.75. The molecule has 0 aromatic carbocycles. The lowest BCUT2D eigenvalue weighted by Gasteiger charge is -2.31. The van der Waals surface area contributed by atoms with Crippen molar-refractivity contribution in [1.82, 2.24) is 10.2 Å². The molecule has 0 spiro atoms. The van der Waals surface area contributed by atoms with Crippen LogP contribution in [0.2, 0.25) is 0 Å². The van der Waals surface area contributed by atoms with Gasteiger partial charge in [-0.25, -0.2) is 0 Å². The van der Waals surface area contributed by atoms with Crippen LogP contribution in [-0.4, -0.2) is 36.0 Å². The van der Waals surface area contributed by atoms with Gasteiger partial charge in [0.25, 0.3) is 0 Å². The molecule has 0 radical (unpaired) electrons. The van der Waals surface area contributed by atoms with E-state index in [4.69, 9.17) is 0 Å². The van der Waals surface area contributed by atoms with Crippen LogP contribution in [-0.2, 0) is 4.79 Å². The maximum absolute atomic E-state index is 11.1. The van der Waals surface area contributed by atoms with Crippen molar-refractivity contribution in [3.63, 3.8) is 0 Å². The maximum atomic E-state index is 11.1. The minimum atomic E-state index is 0.0353. The quantitative estimate of drug-likeness (QED) is 0.731. The number of rotatable bonds is 0. The second-order valence-electron chi connectivity index (χ2n) is 7.01. The Morgan fingerprint density at radius 1 is 1.05 bits per heavy atom. The van der Waals surface area contributed by atoms with E-state index in [1.54, 1.807) is 0 Å². The molecular formula is C16H34N2O. The summed E-state index contributed by atoms with van der Waals surface area (Å²) in [6.45, 7) is 16.2. The average Bonchev–Trinajstić information content (AvgIpc) is 2.86. The Hall–Kier alpha value is -0.570. The van der Waals surface area contributed by atoms with Crippen molar-refractivity contribution in [3.05, 3.63) is 0 Å². The lowest BCUT2D eigenvalue weighted by Crippen LogP contribution is -2.41. The van der Waals surface area contributed by atoms with Crippen LogP contribution >= 0.6 is 0 Å². The van der Waals surface area contributed by atoms with Crippen LogP contribution in [0.25, 0.3) is 0 Å². The Balaban J connectivity index is 0.000000300. The predicted molar refractivity (Wildman–Crippen MR) is 83.3 cm³/mol. The third-order valence-corrected chi connectivity index (χ3v) is 2.84. The van der Waals surface area contributed by atoms with Gasteiger partial charge in [0.1, 0.15) is 0 Å². The largest absolute Gasteiger partial charge is 0.338 e. The second kappa shape index (κ2) is 9.35. The standard InChI is InChI=1S/C8H15NO.C4H9N.C4H10/c1-8(2,3)9-6-4-5-7(9)10;1-2-4-5-3-1;1-4(2)3/h4-6H2,1-3H3;5H,1-4H2;4H,1-3H3. The number of carbonyl (C=O) groups excluding carboxylic acids is 1. The molecule has 2 heterocycles. The lowest BCUT2D eigenvalue weighted by molar-refractivity contribution is -0.131. The van der Waals surface area contributed by atoms with Gasteiger partial charge < -0.3 is 10.2 Å². The zero-order chi connectivity index (χ0) is 14.9. The maximum Gasteiger partial charge on any atom is 0.223 e. The van der Waals surface area contributed by atoms with Crippen molar-refractivity contribution < 1.29 is 4.79 Å². The normalized spacial score (nSPS) is 18.9. The van der Waals surface area contributed by atoms with Crippen molar-refractivity contribution in [2.75, 3.05) is 19.6 Å². The Labute approximate surface area is 120 Å². The molecule has 3 nitrogen and oxygen atoms in total. The van der Waals surface area contributed by atoms with Gasteiger partial charge in [0.05, 0.1) is 0 Å². The number of hydrogen-bond donors (Lipinski definition) is 1. The van der Waals surface area contributed by atoms with Crippen molar-refractivity contribution >= 4 is 5.91 Å². The smallest absolute Gasteiger partial charge is 0.223 e. The molecule has 2 aliphatic rings. The van der Waals surface area contributed by atoms with Crippen LogP contribution in [0.5, 0.6) is 0 Å². The molecule has 0 aromatic heterocycles. The van der Waals surface area contributed by atoms with Crippen LogP contribution in [0.3, 0.4) is 0 Å². The monoisotopic (exact) mass is 270 g/mol. The Bertz CT molecular complexity index is 229. The molecule has 1 amide bonds. The molecular weight excluding hydrogens is 236 g/mol. The minimum Gasteiger partial charge on any atom is -0.338 e. The van der Waals surface area contributed by atoms with E-state index in [0.717, 1.165) is 25.3 Å². The first-order valence-corrected chi connectivity index (χ1v) is 7.76. The van der Waals surface area contributed by atoms with Crippen LogP contribution in [0, 0.1) is 5.92 Å². The van der Waals surface area contributed by atoms with Crippen LogP contribution < -0.4 is 5.32 Å². The summed E-state index contributed by atoms with van der Waals surface area (Å²) in [6.07, 6.45) is 4.56. The number of hydrogen-bond acceptors (Lipinski definition) is 2. The highest BCUT2D eigenvalue weighted by Gasteiger charge is 2.29. The fourth-order valence-corrected chi connectivity index (χ4v) is 1.98. The number of nitrogens with one attached hydrogen (secondary N) is 1. The van der Waals surface area contributed by atoms with Gasteiger partial charge in [-0.3, -0.25) is 4.79 Å². The van der Waals surface area contributed by atoms with Gasteiger partial charge in [-0.1, -0.05) is 20.8 Å². The molecule has 1 N–H and O–H groups in total. The second-order valence-corrected chi connectivity index (χ2v) is 7.01. The van der Waals surface area contributed by atoms with Crippen molar-refractivity contribution in [2.45, 2.75) is 72.8 Å². The number of likely N-dealkylation sites (tertiary alicyclic amines) is 1. The van der Waals surface area contributed by atoms with E-state index in [0.29, 0.717) is 5.91 Å². The molecule has 0 aliphatic carbocycles. The fraction of sp³-hybridized carbons (Fsp3) is 0.938. The van der Waals surface area contributed by atoms with Crippen molar-refractivity contribution in [1.29, 1.82) is 0 Å². The van der Waals surface area contributed by atoms with E-state index in [2.05, 4.69) is 46.9 Å². The fourth-order valence-electron chi connectivity index (χ4n) is 1.98. The summed E-state index contributed by atoms with van der Waals surface area (Å²) < 4.78 is 0. The van der Waals surface area contributed by atoms with Crippen molar-refractivity contribution in [2.24, 2.45) is 5.92 Å². The lowest BCUT2D eigenvalue weighted by atomic mass is 10.1. The summed E-state index contributed by atoms with van der Waals surface area (Å²) in [4.78, 5) is 13.1. The van der Waals surface area contributed by atoms with Gasteiger partial charge in [-0.05, 0) is 59.0 Å². The van der Waals surface area contributed by atoms with E-state index < -0.39 is 0 Å². The van der Waals surface area contributed by atoms with Crippen LogP contribution in [0.4, 0.5) is 0 Å². The molecule has 114 valence electrons. The molecule has 0 bridgehead atoms. The Morgan fingerprint density at radius 3 is 1.68 bits per heavy atom. The molecule has 3 heteroatoms. The van der Waals surface area contributed by atoms with E-state index >= 15 is 0 Å². The van der Waals surface area contributed by atoms with Gasteiger partial charge in [-0.15, -0.1) is 0 Å². The third-order valence-electron chi connectivity index (χ3n) is 2.84. The summed E-state index contributed by atoms with van der Waals surface area (Å²) in [7, 11) is 0. The van der Waals surface area contributed by atoms with E-state index in [1.165, 1.54) is 25.9 Å². The van der Waals surface area contributed by atoms with Crippen LogP contribution in [0.15, 0.2) is 0 Å². The topological polar surface area (TPSA) is 32.3 Å². The number of nitrogens with zero attached hydrogens (tertiary/aromatic N) is 1.